The average molecular weight is 362 g/mol. The van der Waals surface area contributed by atoms with Crippen molar-refractivity contribution in [3.8, 4) is 11.5 Å². The maximum atomic E-state index is 10.2. The van der Waals surface area contributed by atoms with E-state index in [1.807, 2.05) is 18.2 Å². The summed E-state index contributed by atoms with van der Waals surface area (Å²) in [6.45, 7) is 4.95. The number of phenolic OH excluding ortho intramolecular Hbond substituents is 1. The van der Waals surface area contributed by atoms with E-state index in [2.05, 4.69) is 59.0 Å². The number of nitrogens with zero attached hydrogens (tertiary/aromatic N) is 2. The Morgan fingerprint density at radius 1 is 1.07 bits per heavy atom. The van der Waals surface area contributed by atoms with Gasteiger partial charge in [-0.25, -0.2) is 0 Å². The smallest absolute Gasteiger partial charge is 0.160 e. The van der Waals surface area contributed by atoms with E-state index >= 15 is 0 Å². The summed E-state index contributed by atoms with van der Waals surface area (Å²) in [5.41, 5.74) is 4.99. The predicted octanol–water partition coefficient (Wildman–Crippen LogP) is 4.51. The van der Waals surface area contributed by atoms with Gasteiger partial charge >= 0.3 is 0 Å². The molecule has 0 fully saturated rings. The maximum absolute atomic E-state index is 10.2. The van der Waals surface area contributed by atoms with E-state index in [0.29, 0.717) is 5.75 Å². The second kappa shape index (κ2) is 7.49. The van der Waals surface area contributed by atoms with Crippen LogP contribution in [0.15, 0.2) is 60.8 Å². The third-order valence-electron chi connectivity index (χ3n) is 5.38. The number of aromatic nitrogens is 1. The van der Waals surface area contributed by atoms with E-state index < -0.39 is 0 Å². The van der Waals surface area contributed by atoms with Gasteiger partial charge in [-0.1, -0.05) is 35.9 Å². The van der Waals surface area contributed by atoms with Crippen molar-refractivity contribution in [1.29, 1.82) is 0 Å². The summed E-state index contributed by atoms with van der Waals surface area (Å²) in [7, 11) is 1.57. The highest BCUT2D eigenvalue weighted by Crippen LogP contribution is 2.34. The minimum atomic E-state index is 0.195. The molecular weight excluding hydrogens is 336 g/mol. The number of benzene rings is 2. The molecule has 0 spiro atoms. The fraction of sp³-hybridized carbons (Fsp3) is 0.304. The molecular formula is C23H26N2O2. The highest BCUT2D eigenvalue weighted by molar-refractivity contribution is 5.42. The largest absolute Gasteiger partial charge is 0.504 e. The molecule has 1 aliphatic rings. The van der Waals surface area contributed by atoms with Crippen LogP contribution in [0.4, 0.5) is 0 Å². The first-order valence-electron chi connectivity index (χ1n) is 9.47. The topological polar surface area (TPSA) is 37.6 Å². The molecule has 0 bridgehead atoms. The summed E-state index contributed by atoms with van der Waals surface area (Å²) in [6, 6.07) is 19.1. The molecule has 0 unspecified atom stereocenters. The number of fused-ring (bicyclic) bond motifs is 1. The first-order chi connectivity index (χ1) is 13.2. The van der Waals surface area contributed by atoms with E-state index in [0.717, 1.165) is 31.6 Å². The van der Waals surface area contributed by atoms with Gasteiger partial charge in [0.05, 0.1) is 13.2 Å². The van der Waals surface area contributed by atoms with Crippen LogP contribution >= 0.6 is 0 Å². The lowest BCUT2D eigenvalue weighted by Gasteiger charge is -2.31. The van der Waals surface area contributed by atoms with Gasteiger partial charge in [-0.3, -0.25) is 4.90 Å². The van der Waals surface area contributed by atoms with Crippen molar-refractivity contribution in [2.75, 3.05) is 13.7 Å². The van der Waals surface area contributed by atoms with Crippen molar-refractivity contribution in [3.63, 3.8) is 0 Å². The average Bonchev–Trinajstić information content (AvgIpc) is 3.05. The first-order valence-corrected chi connectivity index (χ1v) is 9.47. The normalized spacial score (nSPS) is 17.3. The summed E-state index contributed by atoms with van der Waals surface area (Å²) < 4.78 is 7.55. The van der Waals surface area contributed by atoms with Crippen LogP contribution in [0.5, 0.6) is 11.5 Å². The fourth-order valence-electron chi connectivity index (χ4n) is 4.01. The van der Waals surface area contributed by atoms with E-state index in [-0.39, 0.29) is 11.8 Å². The molecule has 2 heterocycles. The molecule has 4 nitrogen and oxygen atoms in total. The molecule has 2 aromatic carbocycles. The number of aryl methyl sites for hydroxylation is 2. The summed E-state index contributed by atoms with van der Waals surface area (Å²) in [6.07, 6.45) is 3.28. The molecule has 4 heteroatoms. The lowest BCUT2D eigenvalue weighted by Crippen LogP contribution is -2.29. The van der Waals surface area contributed by atoms with E-state index in [9.17, 15) is 5.11 Å². The van der Waals surface area contributed by atoms with Crippen LogP contribution < -0.4 is 4.74 Å². The molecule has 0 amide bonds. The third-order valence-corrected chi connectivity index (χ3v) is 5.38. The SMILES string of the molecule is COc1ccc(CN2CCCn3cccc3[C@@H]2c2ccc(C)cc2)cc1O. The molecule has 27 heavy (non-hydrogen) atoms. The number of aromatic hydroxyl groups is 1. The van der Waals surface area contributed by atoms with Gasteiger partial charge in [0.2, 0.25) is 0 Å². The quantitative estimate of drug-likeness (QED) is 0.742. The number of methoxy groups -OCH3 is 1. The van der Waals surface area contributed by atoms with E-state index in [1.54, 1.807) is 7.11 Å². The highest BCUT2D eigenvalue weighted by atomic mass is 16.5. The Bertz CT molecular complexity index is 914. The van der Waals surface area contributed by atoms with Gasteiger partial charge in [0.25, 0.3) is 0 Å². The minimum Gasteiger partial charge on any atom is -0.504 e. The van der Waals surface area contributed by atoms with Gasteiger partial charge < -0.3 is 14.4 Å². The van der Waals surface area contributed by atoms with Crippen LogP contribution in [0.25, 0.3) is 0 Å². The second-order valence-electron chi connectivity index (χ2n) is 7.27. The standard InChI is InChI=1S/C23H26N2O2/c1-17-6-9-19(10-7-17)23-20-5-3-12-24(20)13-4-14-25(23)16-18-8-11-22(27-2)21(26)15-18/h3,5-12,15,23,26H,4,13-14,16H2,1-2H3/t23-/m0/s1. The Balaban J connectivity index is 1.70. The number of ether oxygens (including phenoxy) is 1. The second-order valence-corrected chi connectivity index (χ2v) is 7.27. The van der Waals surface area contributed by atoms with Gasteiger partial charge in [0.15, 0.2) is 11.5 Å². The minimum absolute atomic E-state index is 0.195. The van der Waals surface area contributed by atoms with Crippen LogP contribution in [0.3, 0.4) is 0 Å². The summed E-state index contributed by atoms with van der Waals surface area (Å²) in [5, 5.41) is 10.2. The van der Waals surface area contributed by atoms with Crippen LogP contribution in [0.1, 0.15) is 34.8 Å². The Labute approximate surface area is 160 Å². The third kappa shape index (κ3) is 3.58. The van der Waals surface area contributed by atoms with Gasteiger partial charge in [-0.15, -0.1) is 0 Å². The monoisotopic (exact) mass is 362 g/mol. The molecule has 1 atom stereocenters. The number of phenols is 1. The number of hydrogen-bond acceptors (Lipinski definition) is 3. The van der Waals surface area contributed by atoms with Crippen LogP contribution in [0.2, 0.25) is 0 Å². The molecule has 1 N–H and O–H groups in total. The zero-order valence-corrected chi connectivity index (χ0v) is 15.9. The highest BCUT2D eigenvalue weighted by Gasteiger charge is 2.27. The molecule has 0 saturated carbocycles. The van der Waals surface area contributed by atoms with Gasteiger partial charge in [-0.2, -0.15) is 0 Å². The Morgan fingerprint density at radius 2 is 1.89 bits per heavy atom. The molecule has 1 aromatic heterocycles. The Hall–Kier alpha value is -2.72. The van der Waals surface area contributed by atoms with Gasteiger partial charge in [-0.05, 0) is 48.7 Å². The van der Waals surface area contributed by atoms with Crippen molar-refractivity contribution in [1.82, 2.24) is 9.47 Å². The summed E-state index contributed by atoms with van der Waals surface area (Å²) in [4.78, 5) is 2.50. The molecule has 1 aliphatic heterocycles. The Morgan fingerprint density at radius 3 is 2.63 bits per heavy atom. The predicted molar refractivity (Wildman–Crippen MR) is 107 cm³/mol. The summed E-state index contributed by atoms with van der Waals surface area (Å²) in [5.74, 6) is 0.707. The van der Waals surface area contributed by atoms with E-state index in [4.69, 9.17) is 4.74 Å². The number of hydrogen-bond donors (Lipinski definition) is 1. The lowest BCUT2D eigenvalue weighted by atomic mass is 10.00. The molecule has 0 saturated heterocycles. The van der Waals surface area contributed by atoms with Crippen molar-refractivity contribution in [3.05, 3.63) is 83.2 Å². The maximum Gasteiger partial charge on any atom is 0.160 e. The zero-order chi connectivity index (χ0) is 18.8. The first kappa shape index (κ1) is 17.7. The molecule has 3 aromatic rings. The molecule has 0 aliphatic carbocycles. The van der Waals surface area contributed by atoms with Gasteiger partial charge in [0.1, 0.15) is 0 Å². The van der Waals surface area contributed by atoms with Crippen molar-refractivity contribution < 1.29 is 9.84 Å². The van der Waals surface area contributed by atoms with Crippen LogP contribution in [-0.4, -0.2) is 28.2 Å². The molecule has 140 valence electrons. The summed E-state index contributed by atoms with van der Waals surface area (Å²) >= 11 is 0. The van der Waals surface area contributed by atoms with E-state index in [1.165, 1.54) is 16.8 Å². The lowest BCUT2D eigenvalue weighted by molar-refractivity contribution is 0.220. The molecule has 0 radical (unpaired) electrons. The number of rotatable bonds is 4. The van der Waals surface area contributed by atoms with Crippen molar-refractivity contribution >= 4 is 0 Å². The zero-order valence-electron chi connectivity index (χ0n) is 15.9. The van der Waals surface area contributed by atoms with Crippen molar-refractivity contribution in [2.24, 2.45) is 0 Å². The molecule has 4 rings (SSSR count). The van der Waals surface area contributed by atoms with Gasteiger partial charge in [0, 0.05) is 31.5 Å². The van der Waals surface area contributed by atoms with Crippen molar-refractivity contribution in [2.45, 2.75) is 32.5 Å². The fourth-order valence-corrected chi connectivity index (χ4v) is 4.01. The van der Waals surface area contributed by atoms with Crippen LogP contribution in [-0.2, 0) is 13.1 Å². The Kier molecular flexibility index (Phi) is 4.90. The van der Waals surface area contributed by atoms with Crippen LogP contribution in [0, 0.1) is 6.92 Å².